The van der Waals surface area contributed by atoms with Crippen molar-refractivity contribution in [3.8, 4) is 0 Å². The van der Waals surface area contributed by atoms with Gasteiger partial charge in [0.15, 0.2) is 0 Å². The fourth-order valence-electron chi connectivity index (χ4n) is 2.18. The molecule has 0 bridgehead atoms. The molecule has 4 heteroatoms. The monoisotopic (exact) mass is 242 g/mol. The number of hydrogen-bond donors (Lipinski definition) is 1. The molecule has 4 nitrogen and oxygen atoms in total. The highest BCUT2D eigenvalue weighted by Gasteiger charge is 2.30. The molecule has 1 N–H and O–H groups in total. The minimum Gasteiger partial charge on any atom is -0.444 e. The standard InChI is InChI=1S/C13H26N2O2/c1-6-10-7-11(14-5)9-15(8-10)12(16)17-13(2,3)4/h10-11,14H,6-9H2,1-5H3. The number of likely N-dealkylation sites (tertiary alicyclic amines) is 1. The predicted octanol–water partition coefficient (Wildman–Crippen LogP) is 2.24. The van der Waals surface area contributed by atoms with Crippen molar-refractivity contribution >= 4 is 6.09 Å². The molecule has 0 spiro atoms. The average molecular weight is 242 g/mol. The SMILES string of the molecule is CCC1CC(NC)CN(C(=O)OC(C)(C)C)C1. The molecule has 1 rings (SSSR count). The fourth-order valence-corrected chi connectivity index (χ4v) is 2.18. The molecule has 100 valence electrons. The number of amides is 1. The highest BCUT2D eigenvalue weighted by molar-refractivity contribution is 5.68. The third kappa shape index (κ3) is 4.54. The maximum absolute atomic E-state index is 12.0. The van der Waals surface area contributed by atoms with Gasteiger partial charge in [0.25, 0.3) is 0 Å². The van der Waals surface area contributed by atoms with Crippen LogP contribution in [0.2, 0.25) is 0 Å². The Morgan fingerprint density at radius 3 is 2.53 bits per heavy atom. The van der Waals surface area contributed by atoms with Crippen molar-refractivity contribution in [2.75, 3.05) is 20.1 Å². The van der Waals surface area contributed by atoms with Gasteiger partial charge < -0.3 is 15.0 Å². The molecule has 1 amide bonds. The lowest BCUT2D eigenvalue weighted by atomic mass is 9.92. The van der Waals surface area contributed by atoms with E-state index in [1.54, 1.807) is 0 Å². The van der Waals surface area contributed by atoms with E-state index in [1.807, 2.05) is 32.7 Å². The van der Waals surface area contributed by atoms with Gasteiger partial charge >= 0.3 is 6.09 Å². The first kappa shape index (κ1) is 14.3. The zero-order valence-corrected chi connectivity index (χ0v) is 11.7. The van der Waals surface area contributed by atoms with Gasteiger partial charge in [0.2, 0.25) is 0 Å². The topological polar surface area (TPSA) is 41.6 Å². The van der Waals surface area contributed by atoms with Crippen LogP contribution in [0.5, 0.6) is 0 Å². The summed E-state index contributed by atoms with van der Waals surface area (Å²) in [4.78, 5) is 13.9. The molecular weight excluding hydrogens is 216 g/mol. The second kappa shape index (κ2) is 5.71. The number of nitrogens with zero attached hydrogens (tertiary/aromatic N) is 1. The Kier molecular flexibility index (Phi) is 4.80. The summed E-state index contributed by atoms with van der Waals surface area (Å²) in [6.45, 7) is 9.46. The van der Waals surface area contributed by atoms with Crippen LogP contribution in [0.3, 0.4) is 0 Å². The van der Waals surface area contributed by atoms with Crippen molar-refractivity contribution in [1.29, 1.82) is 0 Å². The number of carbonyl (C=O) groups is 1. The lowest BCUT2D eigenvalue weighted by Crippen LogP contribution is -2.51. The van der Waals surface area contributed by atoms with Crippen molar-refractivity contribution in [3.63, 3.8) is 0 Å². The summed E-state index contributed by atoms with van der Waals surface area (Å²) in [5, 5.41) is 3.27. The van der Waals surface area contributed by atoms with Crippen molar-refractivity contribution in [2.45, 2.75) is 52.2 Å². The molecule has 0 saturated carbocycles. The molecular formula is C13H26N2O2. The Hall–Kier alpha value is -0.770. The van der Waals surface area contributed by atoms with Crippen LogP contribution in [0.15, 0.2) is 0 Å². The van der Waals surface area contributed by atoms with E-state index < -0.39 is 5.60 Å². The summed E-state index contributed by atoms with van der Waals surface area (Å²) < 4.78 is 5.42. The second-order valence-corrected chi connectivity index (χ2v) is 5.88. The molecule has 1 aliphatic heterocycles. The third-order valence-electron chi connectivity index (χ3n) is 3.17. The van der Waals surface area contributed by atoms with E-state index in [9.17, 15) is 4.79 Å². The fraction of sp³-hybridized carbons (Fsp3) is 0.923. The molecule has 17 heavy (non-hydrogen) atoms. The van der Waals surface area contributed by atoms with E-state index in [-0.39, 0.29) is 6.09 Å². The van der Waals surface area contributed by atoms with E-state index in [0.29, 0.717) is 12.0 Å². The number of ether oxygens (including phenoxy) is 1. The molecule has 2 atom stereocenters. The van der Waals surface area contributed by atoms with Gasteiger partial charge in [-0.2, -0.15) is 0 Å². The van der Waals surface area contributed by atoms with Crippen LogP contribution in [0.25, 0.3) is 0 Å². The van der Waals surface area contributed by atoms with Crippen molar-refractivity contribution in [1.82, 2.24) is 10.2 Å². The number of likely N-dealkylation sites (N-methyl/N-ethyl adjacent to an activating group) is 1. The summed E-state index contributed by atoms with van der Waals surface area (Å²) in [6.07, 6.45) is 2.07. The number of nitrogens with one attached hydrogen (secondary N) is 1. The first-order chi connectivity index (χ1) is 7.85. The van der Waals surface area contributed by atoms with Gasteiger partial charge in [-0.3, -0.25) is 0 Å². The zero-order valence-electron chi connectivity index (χ0n) is 11.7. The minimum atomic E-state index is -0.411. The molecule has 0 radical (unpaired) electrons. The summed E-state index contributed by atoms with van der Waals surface area (Å²) >= 11 is 0. The molecule has 1 fully saturated rings. The van der Waals surface area contributed by atoms with Crippen LogP contribution in [0.4, 0.5) is 4.79 Å². The lowest BCUT2D eigenvalue weighted by Gasteiger charge is -2.38. The normalized spacial score (nSPS) is 25.8. The Morgan fingerprint density at radius 2 is 2.06 bits per heavy atom. The number of hydrogen-bond acceptors (Lipinski definition) is 3. The minimum absolute atomic E-state index is 0.184. The van der Waals surface area contributed by atoms with Gasteiger partial charge in [-0.15, -0.1) is 0 Å². The molecule has 0 aromatic rings. The average Bonchev–Trinajstić information content (AvgIpc) is 2.26. The van der Waals surface area contributed by atoms with Gasteiger partial charge in [0.05, 0.1) is 0 Å². The molecule has 0 aliphatic carbocycles. The van der Waals surface area contributed by atoms with Crippen LogP contribution in [0.1, 0.15) is 40.5 Å². The largest absolute Gasteiger partial charge is 0.444 e. The molecule has 0 aromatic carbocycles. The Labute approximate surface area is 105 Å². The highest BCUT2D eigenvalue weighted by Crippen LogP contribution is 2.21. The van der Waals surface area contributed by atoms with Crippen molar-refractivity contribution < 1.29 is 9.53 Å². The smallest absolute Gasteiger partial charge is 0.410 e. The summed E-state index contributed by atoms with van der Waals surface area (Å²) in [7, 11) is 1.95. The van der Waals surface area contributed by atoms with Crippen LogP contribution < -0.4 is 5.32 Å². The van der Waals surface area contributed by atoms with Crippen molar-refractivity contribution in [3.05, 3.63) is 0 Å². The van der Waals surface area contributed by atoms with Gasteiger partial charge in [-0.1, -0.05) is 13.3 Å². The van der Waals surface area contributed by atoms with Gasteiger partial charge in [0, 0.05) is 19.1 Å². The van der Waals surface area contributed by atoms with Crippen LogP contribution in [-0.2, 0) is 4.74 Å². The predicted molar refractivity (Wildman–Crippen MR) is 69.1 cm³/mol. The third-order valence-corrected chi connectivity index (χ3v) is 3.17. The lowest BCUT2D eigenvalue weighted by molar-refractivity contribution is 0.0129. The van der Waals surface area contributed by atoms with Gasteiger partial charge in [0.1, 0.15) is 5.60 Å². The van der Waals surface area contributed by atoms with E-state index in [4.69, 9.17) is 4.74 Å². The molecule has 2 unspecified atom stereocenters. The van der Waals surface area contributed by atoms with E-state index in [2.05, 4.69) is 12.2 Å². The number of piperidine rings is 1. The molecule has 1 heterocycles. The number of carbonyl (C=O) groups excluding carboxylic acids is 1. The Balaban J connectivity index is 2.59. The molecule has 1 aliphatic rings. The van der Waals surface area contributed by atoms with Gasteiger partial charge in [-0.25, -0.2) is 4.79 Å². The van der Waals surface area contributed by atoms with Crippen molar-refractivity contribution in [2.24, 2.45) is 5.92 Å². The maximum Gasteiger partial charge on any atom is 0.410 e. The second-order valence-electron chi connectivity index (χ2n) is 5.88. The van der Waals surface area contributed by atoms with E-state index >= 15 is 0 Å². The van der Waals surface area contributed by atoms with Crippen LogP contribution >= 0.6 is 0 Å². The summed E-state index contributed by atoms with van der Waals surface area (Å²) in [5.41, 5.74) is -0.411. The first-order valence-electron chi connectivity index (χ1n) is 6.51. The maximum atomic E-state index is 12.0. The molecule has 1 saturated heterocycles. The Bertz CT molecular complexity index is 249. The summed E-state index contributed by atoms with van der Waals surface area (Å²) in [5.74, 6) is 0.578. The number of rotatable bonds is 2. The first-order valence-corrected chi connectivity index (χ1v) is 6.51. The molecule has 0 aromatic heterocycles. The van der Waals surface area contributed by atoms with E-state index in [0.717, 1.165) is 25.9 Å². The van der Waals surface area contributed by atoms with Gasteiger partial charge in [-0.05, 0) is 40.2 Å². The zero-order chi connectivity index (χ0) is 13.1. The van der Waals surface area contributed by atoms with Crippen LogP contribution in [0, 0.1) is 5.92 Å². The quantitative estimate of drug-likeness (QED) is 0.807. The van der Waals surface area contributed by atoms with E-state index in [1.165, 1.54) is 0 Å². The Morgan fingerprint density at radius 1 is 1.41 bits per heavy atom. The highest BCUT2D eigenvalue weighted by atomic mass is 16.6. The summed E-state index contributed by atoms with van der Waals surface area (Å²) in [6, 6.07) is 0.390. The van der Waals surface area contributed by atoms with Crippen LogP contribution in [-0.4, -0.2) is 42.8 Å².